The van der Waals surface area contributed by atoms with Gasteiger partial charge in [-0.15, -0.1) is 5.10 Å². The summed E-state index contributed by atoms with van der Waals surface area (Å²) in [7, 11) is 0. The summed E-state index contributed by atoms with van der Waals surface area (Å²) < 4.78 is 0. The standard InChI is InChI=1S/C13H11Br.C2H4N4/c14-10-12-8-4-5-9-13(12)11-6-2-1-3-7-11;1-2-3-5-6-4-2/h1-9H,10H2;1H3,(H,3,4,5,6). The summed E-state index contributed by atoms with van der Waals surface area (Å²) in [6.45, 7) is 1.79. The quantitative estimate of drug-likeness (QED) is 0.728. The second-order valence-corrected chi connectivity index (χ2v) is 4.70. The Kier molecular flexibility index (Phi) is 5.43. The van der Waals surface area contributed by atoms with Crippen LogP contribution in [0.15, 0.2) is 54.6 Å². The molecule has 1 aromatic heterocycles. The van der Waals surface area contributed by atoms with Crippen LogP contribution in [0, 0.1) is 6.92 Å². The maximum absolute atomic E-state index is 3.51. The molecule has 1 heterocycles. The lowest BCUT2D eigenvalue weighted by atomic mass is 10.0. The molecule has 20 heavy (non-hydrogen) atoms. The number of aromatic nitrogens is 4. The number of aryl methyl sites for hydroxylation is 1. The lowest BCUT2D eigenvalue weighted by molar-refractivity contribution is 0.881. The molecule has 0 unspecified atom stereocenters. The average Bonchev–Trinajstić information content (AvgIpc) is 3.00. The zero-order chi connectivity index (χ0) is 14.2. The Morgan fingerprint density at radius 2 is 1.70 bits per heavy atom. The zero-order valence-corrected chi connectivity index (χ0v) is 12.7. The van der Waals surface area contributed by atoms with Gasteiger partial charge in [-0.2, -0.15) is 0 Å². The lowest BCUT2D eigenvalue weighted by Gasteiger charge is -2.06. The topological polar surface area (TPSA) is 54.5 Å². The maximum atomic E-state index is 3.51. The summed E-state index contributed by atoms with van der Waals surface area (Å²) >= 11 is 3.51. The van der Waals surface area contributed by atoms with Gasteiger partial charge >= 0.3 is 0 Å². The van der Waals surface area contributed by atoms with Crippen molar-refractivity contribution in [3.05, 3.63) is 66.0 Å². The largest absolute Gasteiger partial charge is 0.243 e. The van der Waals surface area contributed by atoms with Crippen LogP contribution in [-0.2, 0) is 5.33 Å². The molecular weight excluding hydrogens is 316 g/mol. The molecule has 0 bridgehead atoms. The van der Waals surface area contributed by atoms with E-state index in [0.29, 0.717) is 0 Å². The Labute approximate surface area is 126 Å². The van der Waals surface area contributed by atoms with Crippen molar-refractivity contribution in [1.29, 1.82) is 0 Å². The molecule has 0 aliphatic rings. The Morgan fingerprint density at radius 1 is 1.00 bits per heavy atom. The monoisotopic (exact) mass is 330 g/mol. The summed E-state index contributed by atoms with van der Waals surface area (Å²) in [4.78, 5) is 0. The van der Waals surface area contributed by atoms with Crippen LogP contribution >= 0.6 is 15.9 Å². The van der Waals surface area contributed by atoms with Gasteiger partial charge in [-0.05, 0) is 34.0 Å². The molecule has 0 aliphatic carbocycles. The Balaban J connectivity index is 0.000000205. The highest BCUT2D eigenvalue weighted by Gasteiger charge is 2.01. The molecule has 0 spiro atoms. The molecule has 2 aromatic carbocycles. The molecule has 0 aliphatic heterocycles. The van der Waals surface area contributed by atoms with Crippen LogP contribution in [0.2, 0.25) is 0 Å². The highest BCUT2D eigenvalue weighted by molar-refractivity contribution is 9.08. The van der Waals surface area contributed by atoms with Crippen molar-refractivity contribution < 1.29 is 0 Å². The van der Waals surface area contributed by atoms with E-state index in [1.54, 1.807) is 6.92 Å². The molecule has 3 aromatic rings. The van der Waals surface area contributed by atoms with Gasteiger partial charge in [-0.25, -0.2) is 5.10 Å². The van der Waals surface area contributed by atoms with E-state index in [0.717, 1.165) is 11.2 Å². The van der Waals surface area contributed by atoms with Crippen LogP contribution in [0.4, 0.5) is 0 Å². The third-order valence-electron chi connectivity index (χ3n) is 2.70. The normalized spacial score (nSPS) is 9.70. The number of rotatable bonds is 2. The number of aromatic amines is 1. The molecule has 0 amide bonds. The van der Waals surface area contributed by atoms with Crippen LogP contribution in [-0.4, -0.2) is 20.6 Å². The van der Waals surface area contributed by atoms with Crippen LogP contribution in [0.5, 0.6) is 0 Å². The summed E-state index contributed by atoms with van der Waals surface area (Å²) in [6, 6.07) is 18.9. The number of benzene rings is 2. The van der Waals surface area contributed by atoms with Crippen LogP contribution in [0.3, 0.4) is 0 Å². The van der Waals surface area contributed by atoms with Gasteiger partial charge in [0.1, 0.15) is 5.82 Å². The fourth-order valence-corrected chi connectivity index (χ4v) is 2.23. The first kappa shape index (κ1) is 14.4. The minimum atomic E-state index is 0.745. The van der Waals surface area contributed by atoms with Crippen molar-refractivity contribution in [2.24, 2.45) is 0 Å². The van der Waals surface area contributed by atoms with Crippen molar-refractivity contribution in [2.45, 2.75) is 12.3 Å². The Bertz CT molecular complexity index is 623. The summed E-state index contributed by atoms with van der Waals surface area (Å²) in [6.07, 6.45) is 0. The first-order chi connectivity index (χ1) is 9.81. The van der Waals surface area contributed by atoms with E-state index in [9.17, 15) is 0 Å². The molecule has 0 radical (unpaired) electrons. The number of hydrogen-bond acceptors (Lipinski definition) is 3. The van der Waals surface area contributed by atoms with E-state index >= 15 is 0 Å². The third-order valence-corrected chi connectivity index (χ3v) is 3.30. The first-order valence-corrected chi connectivity index (χ1v) is 7.33. The first-order valence-electron chi connectivity index (χ1n) is 6.21. The molecule has 0 saturated heterocycles. The van der Waals surface area contributed by atoms with E-state index in [1.165, 1.54) is 16.7 Å². The molecule has 4 nitrogen and oxygen atoms in total. The fourth-order valence-electron chi connectivity index (χ4n) is 1.74. The van der Waals surface area contributed by atoms with Gasteiger partial charge in [0.2, 0.25) is 0 Å². The maximum Gasteiger partial charge on any atom is 0.145 e. The molecule has 0 atom stereocenters. The van der Waals surface area contributed by atoms with Crippen molar-refractivity contribution >= 4 is 15.9 Å². The second-order valence-electron chi connectivity index (χ2n) is 4.14. The summed E-state index contributed by atoms with van der Waals surface area (Å²) in [5, 5.41) is 13.5. The van der Waals surface area contributed by atoms with E-state index in [4.69, 9.17) is 0 Å². The van der Waals surface area contributed by atoms with Gasteiger partial charge in [-0.3, -0.25) is 0 Å². The second kappa shape index (κ2) is 7.55. The van der Waals surface area contributed by atoms with Crippen molar-refractivity contribution in [1.82, 2.24) is 20.6 Å². The lowest BCUT2D eigenvalue weighted by Crippen LogP contribution is -1.84. The van der Waals surface area contributed by atoms with E-state index in [-0.39, 0.29) is 0 Å². The number of nitrogens with zero attached hydrogens (tertiary/aromatic N) is 3. The van der Waals surface area contributed by atoms with Gasteiger partial charge in [0.25, 0.3) is 0 Å². The molecule has 0 saturated carbocycles. The van der Waals surface area contributed by atoms with Crippen LogP contribution in [0.1, 0.15) is 11.4 Å². The smallest absolute Gasteiger partial charge is 0.145 e. The van der Waals surface area contributed by atoms with E-state index in [1.807, 2.05) is 6.07 Å². The van der Waals surface area contributed by atoms with Crippen LogP contribution < -0.4 is 0 Å². The molecule has 3 rings (SSSR count). The fraction of sp³-hybridized carbons (Fsp3) is 0.133. The van der Waals surface area contributed by atoms with Gasteiger partial charge in [0.15, 0.2) is 0 Å². The molecular formula is C15H15BrN4. The van der Waals surface area contributed by atoms with E-state index < -0.39 is 0 Å². The molecule has 1 N–H and O–H groups in total. The zero-order valence-electron chi connectivity index (χ0n) is 11.1. The number of tetrazole rings is 1. The number of alkyl halides is 1. The molecule has 0 fully saturated rings. The third kappa shape index (κ3) is 3.99. The number of halogens is 1. The van der Waals surface area contributed by atoms with Gasteiger partial charge in [0.05, 0.1) is 0 Å². The predicted molar refractivity (Wildman–Crippen MR) is 83.4 cm³/mol. The van der Waals surface area contributed by atoms with Crippen molar-refractivity contribution in [3.63, 3.8) is 0 Å². The van der Waals surface area contributed by atoms with Gasteiger partial charge in [-0.1, -0.05) is 70.5 Å². The Hall–Kier alpha value is -2.01. The van der Waals surface area contributed by atoms with Crippen molar-refractivity contribution in [3.8, 4) is 11.1 Å². The molecule has 5 heteroatoms. The van der Waals surface area contributed by atoms with Gasteiger partial charge < -0.3 is 0 Å². The summed E-state index contributed by atoms with van der Waals surface area (Å²) in [5.74, 6) is 0.745. The van der Waals surface area contributed by atoms with Crippen molar-refractivity contribution in [2.75, 3.05) is 0 Å². The number of nitrogens with one attached hydrogen (secondary N) is 1. The SMILES string of the molecule is BrCc1ccccc1-c1ccccc1.Cc1nnn[nH]1. The van der Waals surface area contributed by atoms with E-state index in [2.05, 4.69) is 85.1 Å². The number of hydrogen-bond donors (Lipinski definition) is 1. The minimum absolute atomic E-state index is 0.745. The Morgan fingerprint density at radius 3 is 2.25 bits per heavy atom. The minimum Gasteiger partial charge on any atom is -0.243 e. The highest BCUT2D eigenvalue weighted by Crippen LogP contribution is 2.24. The predicted octanol–water partition coefficient (Wildman–Crippen LogP) is 3.76. The van der Waals surface area contributed by atoms with Crippen LogP contribution in [0.25, 0.3) is 11.1 Å². The number of H-pyrrole nitrogens is 1. The average molecular weight is 331 g/mol. The summed E-state index contributed by atoms with van der Waals surface area (Å²) in [5.41, 5.74) is 3.92. The highest BCUT2D eigenvalue weighted by atomic mass is 79.9. The molecule has 102 valence electrons. The van der Waals surface area contributed by atoms with Gasteiger partial charge in [0, 0.05) is 5.33 Å².